The molecule has 0 saturated carbocycles. The maximum atomic E-state index is 11.4. The molecule has 1 aliphatic carbocycles. The molecule has 242 valence electrons. The Morgan fingerprint density at radius 2 is 1.29 bits per heavy atom. The number of aromatic nitrogens is 1. The minimum atomic E-state index is 0.0175. The zero-order valence-electron chi connectivity index (χ0n) is 28.6. The Balaban J connectivity index is 1.25. The zero-order valence-corrected chi connectivity index (χ0v) is 28.6. The standard InChI is InChI=1S/C45H40N2O2/c1-27-28(2)42-41(30(4)44(48)31(5)45(42)49)43(29(27)3)46(34-14-8-6-9-15-34)36-23-20-32(21-24-36)33-22-25-40-38(26-33)37-18-12-13-19-39(37)47(40)35-16-10-7-11-17-35/h6-23,25-26,36,48-49H,24H2,1-5H3. The van der Waals surface area contributed by atoms with E-state index < -0.39 is 0 Å². The van der Waals surface area contributed by atoms with Gasteiger partial charge < -0.3 is 19.7 Å². The van der Waals surface area contributed by atoms with E-state index in [1.54, 1.807) is 6.92 Å². The smallest absolute Gasteiger partial charge is 0.130 e. The third-order valence-electron chi connectivity index (χ3n) is 10.7. The molecule has 2 N–H and O–H groups in total. The first-order chi connectivity index (χ1) is 23.8. The Morgan fingerprint density at radius 3 is 2.00 bits per heavy atom. The molecule has 4 heteroatoms. The van der Waals surface area contributed by atoms with E-state index in [-0.39, 0.29) is 17.5 Å². The lowest BCUT2D eigenvalue weighted by atomic mass is 9.87. The second kappa shape index (κ2) is 11.7. The Kier molecular flexibility index (Phi) is 7.33. The first kappa shape index (κ1) is 30.6. The highest BCUT2D eigenvalue weighted by molar-refractivity contribution is 6.10. The molecule has 8 rings (SSSR count). The molecule has 1 unspecified atom stereocenters. The summed E-state index contributed by atoms with van der Waals surface area (Å²) < 4.78 is 2.35. The molecule has 6 aromatic carbocycles. The maximum Gasteiger partial charge on any atom is 0.130 e. The van der Waals surface area contributed by atoms with Crippen molar-refractivity contribution in [1.82, 2.24) is 4.57 Å². The summed E-state index contributed by atoms with van der Waals surface area (Å²) in [6, 6.07) is 36.5. The lowest BCUT2D eigenvalue weighted by molar-refractivity contribution is 0.445. The Bertz CT molecular complexity index is 2480. The van der Waals surface area contributed by atoms with Crippen LogP contribution in [-0.2, 0) is 0 Å². The van der Waals surface area contributed by atoms with Crippen LogP contribution >= 0.6 is 0 Å². The molecule has 0 bridgehead atoms. The summed E-state index contributed by atoms with van der Waals surface area (Å²) in [5.41, 5.74) is 12.7. The number of aromatic hydroxyl groups is 2. The van der Waals surface area contributed by atoms with Crippen LogP contribution in [0.2, 0.25) is 0 Å². The van der Waals surface area contributed by atoms with Crippen LogP contribution in [0, 0.1) is 34.6 Å². The highest BCUT2D eigenvalue weighted by atomic mass is 16.3. The number of hydrogen-bond acceptors (Lipinski definition) is 3. The number of aryl methyl sites for hydroxylation is 2. The molecule has 1 aromatic heterocycles. The predicted octanol–water partition coefficient (Wildman–Crippen LogP) is 11.4. The van der Waals surface area contributed by atoms with Crippen LogP contribution in [0.5, 0.6) is 11.5 Å². The van der Waals surface area contributed by atoms with Crippen LogP contribution in [0.1, 0.15) is 39.8 Å². The number of hydrogen-bond donors (Lipinski definition) is 2. The number of allylic oxidation sites excluding steroid dienone is 2. The lowest BCUT2D eigenvalue weighted by Gasteiger charge is -2.36. The van der Waals surface area contributed by atoms with Gasteiger partial charge >= 0.3 is 0 Å². The highest BCUT2D eigenvalue weighted by Crippen LogP contribution is 2.49. The summed E-state index contributed by atoms with van der Waals surface area (Å²) >= 11 is 0. The summed E-state index contributed by atoms with van der Waals surface area (Å²) in [5, 5.41) is 26.8. The number of fused-ring (bicyclic) bond motifs is 4. The molecule has 1 aliphatic rings. The van der Waals surface area contributed by atoms with Gasteiger partial charge in [0.2, 0.25) is 0 Å². The molecule has 4 nitrogen and oxygen atoms in total. The molecular weight excluding hydrogens is 601 g/mol. The van der Waals surface area contributed by atoms with Crippen LogP contribution in [0.4, 0.5) is 11.4 Å². The minimum Gasteiger partial charge on any atom is -0.507 e. The van der Waals surface area contributed by atoms with E-state index in [2.05, 4.69) is 146 Å². The summed E-state index contributed by atoms with van der Waals surface area (Å²) in [6.45, 7) is 10.1. The number of phenols is 2. The lowest BCUT2D eigenvalue weighted by Crippen LogP contribution is -2.31. The molecule has 0 spiro atoms. The van der Waals surface area contributed by atoms with Crippen LogP contribution in [0.15, 0.2) is 121 Å². The van der Waals surface area contributed by atoms with Gasteiger partial charge in [-0.3, -0.25) is 0 Å². The van der Waals surface area contributed by atoms with Crippen LogP contribution < -0.4 is 4.90 Å². The van der Waals surface area contributed by atoms with Gasteiger partial charge in [-0.05, 0) is 111 Å². The third-order valence-corrected chi connectivity index (χ3v) is 10.7. The van der Waals surface area contributed by atoms with Crippen molar-refractivity contribution >= 4 is 49.5 Å². The zero-order chi connectivity index (χ0) is 34.0. The van der Waals surface area contributed by atoms with Crippen LogP contribution in [0.25, 0.3) is 43.8 Å². The predicted molar refractivity (Wildman–Crippen MR) is 206 cm³/mol. The molecule has 0 saturated heterocycles. The van der Waals surface area contributed by atoms with Gasteiger partial charge in [0.15, 0.2) is 0 Å². The number of anilines is 2. The van der Waals surface area contributed by atoms with E-state index in [1.165, 1.54) is 32.9 Å². The van der Waals surface area contributed by atoms with Gasteiger partial charge in [-0.15, -0.1) is 0 Å². The van der Waals surface area contributed by atoms with Crippen molar-refractivity contribution in [2.75, 3.05) is 4.90 Å². The Morgan fingerprint density at radius 1 is 0.612 bits per heavy atom. The average molecular weight is 641 g/mol. The van der Waals surface area contributed by atoms with Gasteiger partial charge in [-0.25, -0.2) is 0 Å². The summed E-state index contributed by atoms with van der Waals surface area (Å²) in [4.78, 5) is 2.39. The first-order valence-corrected chi connectivity index (χ1v) is 17.0. The molecule has 1 atom stereocenters. The Labute approximate surface area is 287 Å². The summed E-state index contributed by atoms with van der Waals surface area (Å²) in [6.07, 6.45) is 7.71. The fraction of sp³-hybridized carbons (Fsp3) is 0.156. The third kappa shape index (κ3) is 4.74. The largest absolute Gasteiger partial charge is 0.507 e. The van der Waals surface area contributed by atoms with E-state index in [1.807, 2.05) is 13.0 Å². The van der Waals surface area contributed by atoms with Gasteiger partial charge in [-0.2, -0.15) is 0 Å². The minimum absolute atomic E-state index is 0.0175. The van der Waals surface area contributed by atoms with Gasteiger partial charge in [0, 0.05) is 44.0 Å². The highest BCUT2D eigenvalue weighted by Gasteiger charge is 2.29. The first-order valence-electron chi connectivity index (χ1n) is 17.0. The van der Waals surface area contributed by atoms with Crippen molar-refractivity contribution in [3.8, 4) is 17.2 Å². The van der Waals surface area contributed by atoms with E-state index >= 15 is 0 Å². The van der Waals surface area contributed by atoms with E-state index in [9.17, 15) is 10.2 Å². The van der Waals surface area contributed by atoms with Crippen molar-refractivity contribution in [1.29, 1.82) is 0 Å². The number of rotatable bonds is 5. The van der Waals surface area contributed by atoms with E-state index in [0.29, 0.717) is 5.56 Å². The maximum absolute atomic E-state index is 11.4. The van der Waals surface area contributed by atoms with Crippen molar-refractivity contribution < 1.29 is 10.2 Å². The number of nitrogens with zero attached hydrogens (tertiary/aromatic N) is 2. The second-order valence-electron chi connectivity index (χ2n) is 13.4. The topological polar surface area (TPSA) is 48.6 Å². The molecule has 1 heterocycles. The van der Waals surface area contributed by atoms with Crippen LogP contribution in [0.3, 0.4) is 0 Å². The summed E-state index contributed by atoms with van der Waals surface area (Å²) in [7, 11) is 0. The number of benzene rings is 6. The average Bonchev–Trinajstić information content (AvgIpc) is 3.48. The van der Waals surface area contributed by atoms with Crippen LogP contribution in [-0.4, -0.2) is 20.8 Å². The van der Waals surface area contributed by atoms with Gasteiger partial charge in [0.05, 0.1) is 22.8 Å². The molecule has 49 heavy (non-hydrogen) atoms. The molecular formula is C45H40N2O2. The number of para-hydroxylation sites is 3. The van der Waals surface area contributed by atoms with Crippen molar-refractivity contribution in [3.63, 3.8) is 0 Å². The summed E-state index contributed by atoms with van der Waals surface area (Å²) in [5.74, 6) is 0.297. The Hall–Kier alpha value is -5.74. The SMILES string of the molecule is Cc1c(C)c(N(c2ccccc2)C2C=CC(c3ccc4c(c3)c3ccccc3n4-c3ccccc3)=CC2)c2c(C)c(O)c(C)c(O)c2c1C. The normalized spacial score (nSPS) is 14.6. The number of phenolic OH excluding ortho intramolecular Hbond substituents is 2. The fourth-order valence-electron chi connectivity index (χ4n) is 7.90. The van der Waals surface area contributed by atoms with Crippen molar-refractivity contribution in [2.45, 2.75) is 47.1 Å². The molecule has 0 fully saturated rings. The van der Waals surface area contributed by atoms with Crippen molar-refractivity contribution in [3.05, 3.63) is 155 Å². The van der Waals surface area contributed by atoms with E-state index in [0.717, 1.165) is 56.5 Å². The monoisotopic (exact) mass is 640 g/mol. The fourth-order valence-corrected chi connectivity index (χ4v) is 7.90. The second-order valence-corrected chi connectivity index (χ2v) is 13.4. The van der Waals surface area contributed by atoms with Gasteiger partial charge in [-0.1, -0.05) is 78.9 Å². The molecule has 7 aromatic rings. The van der Waals surface area contributed by atoms with Gasteiger partial charge in [0.1, 0.15) is 11.5 Å². The van der Waals surface area contributed by atoms with Gasteiger partial charge in [0.25, 0.3) is 0 Å². The molecule has 0 radical (unpaired) electrons. The molecule has 0 aliphatic heterocycles. The van der Waals surface area contributed by atoms with E-state index in [4.69, 9.17) is 0 Å². The quantitative estimate of drug-likeness (QED) is 0.197. The van der Waals surface area contributed by atoms with Crippen molar-refractivity contribution in [2.24, 2.45) is 0 Å². The molecule has 0 amide bonds.